The highest BCUT2D eigenvalue weighted by atomic mass is 32.1. The number of carbonyl (C=O) groups is 1. The fraction of sp³-hybridized carbons (Fsp3) is 0.619. The number of likely N-dealkylation sites (tertiary alicyclic amines) is 1. The number of hydrogen-bond donors (Lipinski definition) is 2. The number of amides is 2. The Bertz CT molecular complexity index is 917. The van der Waals surface area contributed by atoms with Crippen molar-refractivity contribution in [2.24, 2.45) is 0 Å². The lowest BCUT2D eigenvalue weighted by molar-refractivity contribution is 0.139. The summed E-state index contributed by atoms with van der Waals surface area (Å²) in [6, 6.07) is 3.44. The average molecular weight is 433 g/mol. The summed E-state index contributed by atoms with van der Waals surface area (Å²) in [6.07, 6.45) is 5.05. The Hall–Kier alpha value is -2.26. The maximum Gasteiger partial charge on any atom is 0.321 e. The quantitative estimate of drug-likeness (QED) is 0.732. The van der Waals surface area contributed by atoms with Gasteiger partial charge in [-0.1, -0.05) is 27.2 Å². The molecule has 1 atom stereocenters. The third-order valence-corrected chi connectivity index (χ3v) is 6.15. The molecule has 2 N–H and O–H groups in total. The number of carbonyl (C=O) groups excluding carboxylic acids is 1. The van der Waals surface area contributed by atoms with Crippen molar-refractivity contribution in [3.05, 3.63) is 39.3 Å². The van der Waals surface area contributed by atoms with E-state index in [9.17, 15) is 9.59 Å². The molecule has 0 bridgehead atoms. The van der Waals surface area contributed by atoms with E-state index in [0.29, 0.717) is 18.2 Å². The maximum atomic E-state index is 12.3. The normalized spacial score (nSPS) is 17.7. The van der Waals surface area contributed by atoms with E-state index in [2.05, 4.69) is 46.4 Å². The lowest BCUT2D eigenvalue weighted by atomic mass is 9.92. The number of thiazole rings is 1. The van der Waals surface area contributed by atoms with Gasteiger partial charge in [-0.05, 0) is 32.4 Å². The second-order valence-electron chi connectivity index (χ2n) is 8.83. The minimum Gasteiger partial charge on any atom is -0.336 e. The van der Waals surface area contributed by atoms with Gasteiger partial charge < -0.3 is 5.32 Å². The standard InChI is InChI=1S/C21H32N6O2S/c1-15-13-23-20(30-15)24-19(29)22-14-16-7-5-6-10-26(16)11-12-27-18(28)9-8-17(25-27)21(2,3)4/h8-9,13,16H,5-7,10-12,14H2,1-4H3,(H2,22,23,24,29). The molecule has 2 amide bonds. The zero-order valence-electron chi connectivity index (χ0n) is 18.3. The first kappa shape index (κ1) is 22.4. The van der Waals surface area contributed by atoms with E-state index in [1.54, 1.807) is 16.9 Å². The van der Waals surface area contributed by atoms with Crippen LogP contribution >= 0.6 is 11.3 Å². The van der Waals surface area contributed by atoms with Gasteiger partial charge in [0.15, 0.2) is 5.13 Å². The van der Waals surface area contributed by atoms with Crippen LogP contribution in [-0.4, -0.2) is 51.4 Å². The molecule has 1 aliphatic heterocycles. The Morgan fingerprint density at radius 1 is 1.27 bits per heavy atom. The number of anilines is 1. The second kappa shape index (κ2) is 9.70. The molecule has 30 heavy (non-hydrogen) atoms. The molecule has 0 spiro atoms. The predicted molar refractivity (Wildman–Crippen MR) is 120 cm³/mol. The van der Waals surface area contributed by atoms with Gasteiger partial charge in [-0.25, -0.2) is 14.5 Å². The summed E-state index contributed by atoms with van der Waals surface area (Å²) in [5.41, 5.74) is 0.733. The molecule has 1 aliphatic rings. The molecule has 164 valence electrons. The van der Waals surface area contributed by atoms with E-state index in [4.69, 9.17) is 0 Å². The van der Waals surface area contributed by atoms with E-state index in [0.717, 1.165) is 42.9 Å². The number of rotatable bonds is 6. The third kappa shape index (κ3) is 6.12. The summed E-state index contributed by atoms with van der Waals surface area (Å²) in [6.45, 7) is 11.0. The van der Waals surface area contributed by atoms with E-state index < -0.39 is 0 Å². The van der Waals surface area contributed by atoms with E-state index in [1.165, 1.54) is 11.3 Å². The molecule has 3 heterocycles. The number of hydrogen-bond acceptors (Lipinski definition) is 6. The summed E-state index contributed by atoms with van der Waals surface area (Å²) in [5.74, 6) is 0. The van der Waals surface area contributed by atoms with Gasteiger partial charge in [-0.15, -0.1) is 11.3 Å². The first-order valence-electron chi connectivity index (χ1n) is 10.5. The zero-order valence-corrected chi connectivity index (χ0v) is 19.1. The summed E-state index contributed by atoms with van der Waals surface area (Å²) in [4.78, 5) is 32.0. The predicted octanol–water partition coefficient (Wildman–Crippen LogP) is 2.98. The van der Waals surface area contributed by atoms with Gasteiger partial charge in [0.25, 0.3) is 5.56 Å². The lowest BCUT2D eigenvalue weighted by Gasteiger charge is -2.35. The fourth-order valence-electron chi connectivity index (χ4n) is 3.58. The average Bonchev–Trinajstić information content (AvgIpc) is 3.10. The molecule has 0 aromatic carbocycles. The van der Waals surface area contributed by atoms with Gasteiger partial charge in [-0.3, -0.25) is 15.0 Å². The van der Waals surface area contributed by atoms with Gasteiger partial charge in [0.2, 0.25) is 0 Å². The number of nitrogens with one attached hydrogen (secondary N) is 2. The van der Waals surface area contributed by atoms with Gasteiger partial charge in [0.05, 0.1) is 12.2 Å². The summed E-state index contributed by atoms with van der Waals surface area (Å²) >= 11 is 1.46. The van der Waals surface area contributed by atoms with Crippen LogP contribution in [0.25, 0.3) is 0 Å². The Morgan fingerprint density at radius 2 is 2.07 bits per heavy atom. The topological polar surface area (TPSA) is 92.2 Å². The number of aromatic nitrogens is 3. The van der Waals surface area contributed by atoms with Crippen LogP contribution in [0.2, 0.25) is 0 Å². The van der Waals surface area contributed by atoms with Crippen molar-refractivity contribution in [2.75, 3.05) is 25.0 Å². The monoisotopic (exact) mass is 432 g/mol. The lowest BCUT2D eigenvalue weighted by Crippen LogP contribution is -2.48. The minimum atomic E-state index is -0.231. The van der Waals surface area contributed by atoms with Gasteiger partial charge in [0, 0.05) is 41.7 Å². The molecule has 0 radical (unpaired) electrons. The van der Waals surface area contributed by atoms with Crippen molar-refractivity contribution in [3.63, 3.8) is 0 Å². The van der Waals surface area contributed by atoms with Crippen molar-refractivity contribution in [2.45, 2.75) is 65.0 Å². The van der Waals surface area contributed by atoms with Crippen molar-refractivity contribution < 1.29 is 4.79 Å². The Morgan fingerprint density at radius 3 is 2.77 bits per heavy atom. The second-order valence-corrected chi connectivity index (χ2v) is 10.1. The SMILES string of the molecule is Cc1cnc(NC(=O)NCC2CCCCN2CCn2nc(C(C)(C)C)ccc2=O)s1. The minimum absolute atomic E-state index is 0.0761. The molecular weight excluding hydrogens is 400 g/mol. The molecule has 0 aliphatic carbocycles. The zero-order chi connectivity index (χ0) is 21.7. The molecule has 0 saturated carbocycles. The Labute approximate surface area is 181 Å². The molecule has 9 heteroatoms. The highest BCUT2D eigenvalue weighted by molar-refractivity contribution is 7.15. The summed E-state index contributed by atoms with van der Waals surface area (Å²) in [7, 11) is 0. The van der Waals surface area contributed by atoms with E-state index in [-0.39, 0.29) is 23.0 Å². The molecule has 2 aromatic rings. The maximum absolute atomic E-state index is 12.3. The van der Waals surface area contributed by atoms with Crippen molar-refractivity contribution in [1.82, 2.24) is 25.0 Å². The third-order valence-electron chi connectivity index (χ3n) is 5.32. The molecule has 3 rings (SSSR count). The number of urea groups is 1. The van der Waals surface area contributed by atoms with Gasteiger partial charge >= 0.3 is 6.03 Å². The smallest absolute Gasteiger partial charge is 0.321 e. The van der Waals surface area contributed by atoms with Crippen LogP contribution in [0.5, 0.6) is 0 Å². The summed E-state index contributed by atoms with van der Waals surface area (Å²) in [5, 5.41) is 10.9. The molecule has 8 nitrogen and oxygen atoms in total. The van der Waals surface area contributed by atoms with Crippen LogP contribution < -0.4 is 16.2 Å². The van der Waals surface area contributed by atoms with Crippen molar-refractivity contribution in [1.29, 1.82) is 0 Å². The molecule has 1 fully saturated rings. The molecular formula is C21H32N6O2S. The van der Waals surface area contributed by atoms with E-state index >= 15 is 0 Å². The highest BCUT2D eigenvalue weighted by Gasteiger charge is 2.23. The van der Waals surface area contributed by atoms with Crippen LogP contribution in [0.15, 0.2) is 23.1 Å². The van der Waals surface area contributed by atoms with Crippen LogP contribution in [0.3, 0.4) is 0 Å². The van der Waals surface area contributed by atoms with Crippen LogP contribution in [-0.2, 0) is 12.0 Å². The fourth-order valence-corrected chi connectivity index (χ4v) is 4.24. The van der Waals surface area contributed by atoms with Crippen LogP contribution in [0.4, 0.5) is 9.93 Å². The van der Waals surface area contributed by atoms with Crippen LogP contribution in [0, 0.1) is 6.92 Å². The van der Waals surface area contributed by atoms with Gasteiger partial charge in [-0.2, -0.15) is 5.10 Å². The van der Waals surface area contributed by atoms with Crippen molar-refractivity contribution in [3.8, 4) is 0 Å². The number of nitrogens with zero attached hydrogens (tertiary/aromatic N) is 4. The molecule has 1 saturated heterocycles. The number of aryl methyl sites for hydroxylation is 1. The number of piperidine rings is 1. The van der Waals surface area contributed by atoms with Gasteiger partial charge in [0.1, 0.15) is 0 Å². The Balaban J connectivity index is 1.55. The first-order valence-corrected chi connectivity index (χ1v) is 11.3. The van der Waals surface area contributed by atoms with Crippen LogP contribution in [0.1, 0.15) is 50.6 Å². The first-order chi connectivity index (χ1) is 14.2. The molecule has 2 aromatic heterocycles. The van der Waals surface area contributed by atoms with Crippen molar-refractivity contribution >= 4 is 22.5 Å². The largest absolute Gasteiger partial charge is 0.336 e. The van der Waals surface area contributed by atoms with E-state index in [1.807, 2.05) is 13.0 Å². The molecule has 1 unspecified atom stereocenters. The highest BCUT2D eigenvalue weighted by Crippen LogP contribution is 2.19. The summed E-state index contributed by atoms with van der Waals surface area (Å²) < 4.78 is 1.57. The Kier molecular flexibility index (Phi) is 7.25.